The van der Waals surface area contributed by atoms with Gasteiger partial charge in [0, 0.05) is 10.6 Å². The van der Waals surface area contributed by atoms with Gasteiger partial charge < -0.3 is 9.84 Å². The second-order valence-electron chi connectivity index (χ2n) is 8.31. The van der Waals surface area contributed by atoms with E-state index in [4.69, 9.17) is 16.3 Å². The summed E-state index contributed by atoms with van der Waals surface area (Å²) >= 11 is 7.33. The Morgan fingerprint density at radius 3 is 2.56 bits per heavy atom. The number of halogens is 1. The van der Waals surface area contributed by atoms with E-state index in [9.17, 15) is 14.7 Å². The highest BCUT2D eigenvalue weighted by atomic mass is 35.5. The van der Waals surface area contributed by atoms with Gasteiger partial charge in [0.15, 0.2) is 5.13 Å². The first kappa shape index (κ1) is 23.8. The molecule has 0 saturated carbocycles. The van der Waals surface area contributed by atoms with Crippen LogP contribution in [0.4, 0.5) is 5.13 Å². The first-order valence-electron chi connectivity index (χ1n) is 11.1. The van der Waals surface area contributed by atoms with Crippen molar-refractivity contribution < 1.29 is 19.4 Å². The van der Waals surface area contributed by atoms with Gasteiger partial charge in [-0.25, -0.2) is 4.98 Å². The maximum atomic E-state index is 13.4. The molecule has 1 saturated heterocycles. The Morgan fingerprint density at radius 2 is 1.86 bits per heavy atom. The summed E-state index contributed by atoms with van der Waals surface area (Å²) in [5, 5.41) is 12.1. The molecule has 180 valence electrons. The molecule has 1 N–H and O–H groups in total. The molecule has 1 aromatic heterocycles. The van der Waals surface area contributed by atoms with Crippen molar-refractivity contribution in [1.82, 2.24) is 4.98 Å². The van der Waals surface area contributed by atoms with Crippen LogP contribution in [0.5, 0.6) is 5.75 Å². The standard InChI is InChI=1S/C28H21ClN2O4S/c1-3-14-35-20-11-7-17(8-12-20)24-23(25(32)18-5-9-19(29)10-6-18)26(33)27(34)31(24)28-30-21-13-4-16(2)15-22(21)36-28/h3-13,15,24,32H,1,14H2,2H3/b25-23+. The number of hydrogen-bond acceptors (Lipinski definition) is 6. The summed E-state index contributed by atoms with van der Waals surface area (Å²) in [5.41, 5.74) is 2.79. The van der Waals surface area contributed by atoms with Gasteiger partial charge in [0.1, 0.15) is 18.1 Å². The Bertz CT molecular complexity index is 1520. The first-order chi connectivity index (χ1) is 17.4. The Labute approximate surface area is 216 Å². The molecule has 1 aliphatic rings. The van der Waals surface area contributed by atoms with Crippen molar-refractivity contribution in [2.45, 2.75) is 13.0 Å². The molecule has 1 amide bonds. The number of rotatable bonds is 6. The Hall–Kier alpha value is -3.94. The minimum absolute atomic E-state index is 0.0162. The maximum Gasteiger partial charge on any atom is 0.301 e. The highest BCUT2D eigenvalue weighted by Gasteiger charge is 2.48. The largest absolute Gasteiger partial charge is 0.507 e. The van der Waals surface area contributed by atoms with E-state index in [1.54, 1.807) is 54.6 Å². The van der Waals surface area contributed by atoms with Crippen LogP contribution in [0, 0.1) is 6.92 Å². The molecule has 0 bridgehead atoms. The summed E-state index contributed by atoms with van der Waals surface area (Å²) in [6.07, 6.45) is 1.64. The third-order valence-electron chi connectivity index (χ3n) is 5.86. The fraction of sp³-hybridized carbons (Fsp3) is 0.107. The molecule has 1 aliphatic heterocycles. The Morgan fingerprint density at radius 1 is 1.14 bits per heavy atom. The van der Waals surface area contributed by atoms with Gasteiger partial charge in [0.2, 0.25) is 0 Å². The molecule has 0 spiro atoms. The number of amides is 1. The van der Waals surface area contributed by atoms with E-state index in [2.05, 4.69) is 11.6 Å². The van der Waals surface area contributed by atoms with E-state index in [0.29, 0.717) is 33.6 Å². The number of aliphatic hydroxyl groups excluding tert-OH is 1. The zero-order chi connectivity index (χ0) is 25.4. The van der Waals surface area contributed by atoms with Gasteiger partial charge in [0.05, 0.1) is 21.8 Å². The van der Waals surface area contributed by atoms with Gasteiger partial charge >= 0.3 is 5.91 Å². The van der Waals surface area contributed by atoms with Crippen molar-refractivity contribution in [2.24, 2.45) is 0 Å². The van der Waals surface area contributed by atoms with Crippen molar-refractivity contribution in [3.63, 3.8) is 0 Å². The summed E-state index contributed by atoms with van der Waals surface area (Å²) in [6, 6.07) is 18.4. The molecule has 6 nitrogen and oxygen atoms in total. The summed E-state index contributed by atoms with van der Waals surface area (Å²) < 4.78 is 6.48. The van der Waals surface area contributed by atoms with Gasteiger partial charge in [-0.05, 0) is 66.6 Å². The quantitative estimate of drug-likeness (QED) is 0.138. The average Bonchev–Trinajstić information content (AvgIpc) is 3.40. The van der Waals surface area contributed by atoms with Gasteiger partial charge in [-0.15, -0.1) is 0 Å². The number of nitrogens with zero attached hydrogens (tertiary/aromatic N) is 2. The van der Waals surface area contributed by atoms with Crippen LogP contribution in [-0.4, -0.2) is 28.4 Å². The van der Waals surface area contributed by atoms with E-state index in [1.807, 2.05) is 25.1 Å². The lowest BCUT2D eigenvalue weighted by molar-refractivity contribution is -0.132. The molecular weight excluding hydrogens is 496 g/mol. The van der Waals surface area contributed by atoms with E-state index >= 15 is 0 Å². The number of aromatic nitrogens is 1. The van der Waals surface area contributed by atoms with Gasteiger partial charge in [-0.1, -0.05) is 53.8 Å². The molecule has 36 heavy (non-hydrogen) atoms. The predicted molar refractivity (Wildman–Crippen MR) is 143 cm³/mol. The molecule has 2 heterocycles. The van der Waals surface area contributed by atoms with Crippen molar-refractivity contribution in [2.75, 3.05) is 11.5 Å². The molecule has 0 aliphatic carbocycles. The number of Topliss-reactive ketones (excluding diaryl/α,β-unsaturated/α-hetero) is 1. The van der Waals surface area contributed by atoms with Gasteiger partial charge in [-0.2, -0.15) is 0 Å². The van der Waals surface area contributed by atoms with Crippen molar-refractivity contribution in [3.8, 4) is 5.75 Å². The monoisotopic (exact) mass is 516 g/mol. The lowest BCUT2D eigenvalue weighted by Gasteiger charge is -2.23. The second-order valence-corrected chi connectivity index (χ2v) is 9.76. The fourth-order valence-corrected chi connectivity index (χ4v) is 5.35. The van der Waals surface area contributed by atoms with Crippen LogP contribution in [0.1, 0.15) is 22.7 Å². The SMILES string of the molecule is C=CCOc1ccc(C2/C(=C(\O)c3ccc(Cl)cc3)C(=O)C(=O)N2c2nc3ccc(C)cc3s2)cc1. The number of aryl methyl sites for hydroxylation is 1. The van der Waals surface area contributed by atoms with E-state index < -0.39 is 17.7 Å². The van der Waals surface area contributed by atoms with Crippen LogP contribution in [0.2, 0.25) is 5.02 Å². The number of thiazole rings is 1. The van der Waals surface area contributed by atoms with Gasteiger partial charge in [0.25, 0.3) is 5.78 Å². The zero-order valence-corrected chi connectivity index (χ0v) is 20.8. The summed E-state index contributed by atoms with van der Waals surface area (Å²) in [6.45, 7) is 5.97. The molecule has 1 atom stereocenters. The summed E-state index contributed by atoms with van der Waals surface area (Å²) in [4.78, 5) is 32.7. The van der Waals surface area contributed by atoms with Crippen LogP contribution < -0.4 is 9.64 Å². The molecule has 1 unspecified atom stereocenters. The van der Waals surface area contributed by atoms with Crippen molar-refractivity contribution in [1.29, 1.82) is 0 Å². The highest BCUT2D eigenvalue weighted by Crippen LogP contribution is 2.44. The number of hydrogen-bond donors (Lipinski definition) is 1. The van der Waals surface area contributed by atoms with Crippen LogP contribution in [0.15, 0.2) is 85.0 Å². The highest BCUT2D eigenvalue weighted by molar-refractivity contribution is 7.22. The Balaban J connectivity index is 1.68. The van der Waals surface area contributed by atoms with E-state index in [1.165, 1.54) is 16.2 Å². The van der Waals surface area contributed by atoms with Crippen LogP contribution in [0.3, 0.4) is 0 Å². The average molecular weight is 517 g/mol. The number of carbonyl (C=O) groups excluding carboxylic acids is 2. The second kappa shape index (κ2) is 9.60. The summed E-state index contributed by atoms with van der Waals surface area (Å²) in [5.74, 6) is -1.20. The maximum absolute atomic E-state index is 13.4. The number of aliphatic hydroxyl groups is 1. The number of benzene rings is 3. The van der Waals surface area contributed by atoms with Crippen LogP contribution >= 0.6 is 22.9 Å². The molecule has 3 aromatic carbocycles. The number of ether oxygens (including phenoxy) is 1. The lowest BCUT2D eigenvalue weighted by Crippen LogP contribution is -2.29. The Kier molecular flexibility index (Phi) is 6.35. The van der Waals surface area contributed by atoms with Crippen LogP contribution in [-0.2, 0) is 9.59 Å². The molecule has 4 aromatic rings. The number of ketones is 1. The van der Waals surface area contributed by atoms with Crippen LogP contribution in [0.25, 0.3) is 16.0 Å². The van der Waals surface area contributed by atoms with Crippen molar-refractivity contribution >= 4 is 55.7 Å². The minimum atomic E-state index is -0.879. The zero-order valence-electron chi connectivity index (χ0n) is 19.3. The normalized spacial score (nSPS) is 17.1. The smallest absolute Gasteiger partial charge is 0.301 e. The van der Waals surface area contributed by atoms with E-state index in [-0.39, 0.29) is 11.3 Å². The number of anilines is 1. The number of carbonyl (C=O) groups is 2. The topological polar surface area (TPSA) is 79.7 Å². The molecule has 8 heteroatoms. The molecule has 0 radical (unpaired) electrons. The van der Waals surface area contributed by atoms with Gasteiger partial charge in [-0.3, -0.25) is 14.5 Å². The first-order valence-corrected chi connectivity index (χ1v) is 12.3. The molecular formula is C28H21ClN2O4S. The molecule has 5 rings (SSSR count). The number of fused-ring (bicyclic) bond motifs is 1. The van der Waals surface area contributed by atoms with E-state index in [0.717, 1.165) is 15.8 Å². The third-order valence-corrected chi connectivity index (χ3v) is 7.13. The lowest BCUT2D eigenvalue weighted by atomic mass is 9.95. The third kappa shape index (κ3) is 4.27. The minimum Gasteiger partial charge on any atom is -0.507 e. The predicted octanol–water partition coefficient (Wildman–Crippen LogP) is 6.45. The fourth-order valence-electron chi connectivity index (χ4n) is 4.13. The molecule has 1 fully saturated rings. The van der Waals surface area contributed by atoms with Crippen molar-refractivity contribution in [3.05, 3.63) is 107 Å². The summed E-state index contributed by atoms with van der Waals surface area (Å²) in [7, 11) is 0.